The zero-order valence-electron chi connectivity index (χ0n) is 27.0. The highest BCUT2D eigenvalue weighted by Crippen LogP contribution is 2.45. The number of benzene rings is 4. The summed E-state index contributed by atoms with van der Waals surface area (Å²) in [4.78, 5) is 28.9. The van der Waals surface area contributed by atoms with Gasteiger partial charge in [0.05, 0.1) is 47.7 Å². The molecule has 0 fully saturated rings. The van der Waals surface area contributed by atoms with Crippen LogP contribution >= 0.6 is 0 Å². The quantitative estimate of drug-likeness (QED) is 0.186. The molecule has 0 spiro atoms. The number of aliphatic hydroxyl groups is 2. The van der Waals surface area contributed by atoms with E-state index in [1.807, 2.05) is 116 Å². The maximum Gasteiger partial charge on any atom is 0.279 e. The van der Waals surface area contributed by atoms with Gasteiger partial charge in [0, 0.05) is 29.6 Å². The van der Waals surface area contributed by atoms with Crippen LogP contribution in [0.1, 0.15) is 41.6 Å². The largest absolute Gasteiger partial charge is 0.395 e. The van der Waals surface area contributed by atoms with Gasteiger partial charge in [-0.3, -0.25) is 14.3 Å². The first-order valence-corrected chi connectivity index (χ1v) is 16.3. The SMILES string of the molecule is C[C@H](/C=C/CCn1cc(C(CO)c2ccccc2)nn1)[C@@]1(O)C(=O)N(Cc2cccc(-n3ncc4ccccc4c3=O)c2)c2ccccc21. The molecule has 7 rings (SSSR count). The Morgan fingerprint density at radius 3 is 2.53 bits per heavy atom. The highest BCUT2D eigenvalue weighted by molar-refractivity contribution is 6.07. The lowest BCUT2D eigenvalue weighted by molar-refractivity contribution is -0.139. The summed E-state index contributed by atoms with van der Waals surface area (Å²) in [5.41, 5.74) is 2.26. The second kappa shape index (κ2) is 13.4. The van der Waals surface area contributed by atoms with E-state index in [-0.39, 0.29) is 24.6 Å². The van der Waals surface area contributed by atoms with Crippen LogP contribution < -0.4 is 10.5 Å². The van der Waals surface area contributed by atoms with E-state index in [0.29, 0.717) is 41.0 Å². The van der Waals surface area contributed by atoms with Crippen molar-refractivity contribution in [3.05, 3.63) is 160 Å². The zero-order chi connectivity index (χ0) is 34.0. The Hall–Kier alpha value is -5.71. The van der Waals surface area contributed by atoms with Gasteiger partial charge in [0.25, 0.3) is 11.5 Å². The summed E-state index contributed by atoms with van der Waals surface area (Å²) >= 11 is 0. The molecular formula is C39H36N6O4. The van der Waals surface area contributed by atoms with Crippen LogP contribution in [0.4, 0.5) is 5.69 Å². The van der Waals surface area contributed by atoms with Crippen LogP contribution in [0.25, 0.3) is 16.5 Å². The van der Waals surface area contributed by atoms with Crippen molar-refractivity contribution in [1.82, 2.24) is 24.8 Å². The number of para-hydroxylation sites is 1. The smallest absolute Gasteiger partial charge is 0.279 e. The van der Waals surface area contributed by atoms with Gasteiger partial charge < -0.3 is 15.1 Å². The summed E-state index contributed by atoms with van der Waals surface area (Å²) < 4.78 is 3.10. The molecule has 1 amide bonds. The number of nitrogens with zero attached hydrogens (tertiary/aromatic N) is 6. The second-order valence-corrected chi connectivity index (χ2v) is 12.4. The topological polar surface area (TPSA) is 126 Å². The second-order valence-electron chi connectivity index (χ2n) is 12.4. The molecule has 2 N–H and O–H groups in total. The Labute approximate surface area is 283 Å². The van der Waals surface area contributed by atoms with E-state index in [2.05, 4.69) is 15.4 Å². The molecule has 3 heterocycles. The summed E-state index contributed by atoms with van der Waals surface area (Å²) in [5.74, 6) is -1.19. The minimum Gasteiger partial charge on any atom is -0.395 e. The van der Waals surface area contributed by atoms with Gasteiger partial charge in [0.1, 0.15) is 0 Å². The van der Waals surface area contributed by atoms with Crippen LogP contribution in [0.2, 0.25) is 0 Å². The number of rotatable bonds is 11. The predicted octanol–water partition coefficient (Wildman–Crippen LogP) is 5.12. The van der Waals surface area contributed by atoms with E-state index in [4.69, 9.17) is 0 Å². The van der Waals surface area contributed by atoms with Crippen molar-refractivity contribution >= 4 is 22.4 Å². The van der Waals surface area contributed by atoms with Crippen molar-refractivity contribution in [2.24, 2.45) is 5.92 Å². The molecule has 246 valence electrons. The van der Waals surface area contributed by atoms with Crippen molar-refractivity contribution in [2.75, 3.05) is 11.5 Å². The lowest BCUT2D eigenvalue weighted by Crippen LogP contribution is -2.44. The first-order valence-electron chi connectivity index (χ1n) is 16.3. The van der Waals surface area contributed by atoms with Crippen LogP contribution in [0.5, 0.6) is 0 Å². The van der Waals surface area contributed by atoms with Crippen LogP contribution in [0, 0.1) is 5.92 Å². The Balaban J connectivity index is 1.06. The van der Waals surface area contributed by atoms with Crippen molar-refractivity contribution in [1.29, 1.82) is 0 Å². The van der Waals surface area contributed by atoms with Crippen LogP contribution in [-0.4, -0.2) is 47.5 Å². The fourth-order valence-electron chi connectivity index (χ4n) is 6.59. The zero-order valence-corrected chi connectivity index (χ0v) is 27.0. The number of hydrogen-bond acceptors (Lipinski definition) is 7. The molecule has 49 heavy (non-hydrogen) atoms. The Bertz CT molecular complexity index is 2210. The molecular weight excluding hydrogens is 616 g/mol. The fourth-order valence-corrected chi connectivity index (χ4v) is 6.59. The molecule has 2 aromatic heterocycles. The molecule has 3 atom stereocenters. The molecule has 10 nitrogen and oxygen atoms in total. The third-order valence-corrected chi connectivity index (χ3v) is 9.27. The molecule has 0 saturated carbocycles. The molecule has 4 aromatic carbocycles. The van der Waals surface area contributed by atoms with E-state index in [9.17, 15) is 19.8 Å². The minimum atomic E-state index is -1.76. The lowest BCUT2D eigenvalue weighted by Gasteiger charge is -2.27. The van der Waals surface area contributed by atoms with E-state index in [1.54, 1.807) is 27.9 Å². The van der Waals surface area contributed by atoms with Gasteiger partial charge in [0.15, 0.2) is 5.60 Å². The summed E-state index contributed by atoms with van der Waals surface area (Å²) in [5, 5.41) is 36.3. The maximum atomic E-state index is 14.1. The van der Waals surface area contributed by atoms with Crippen LogP contribution in [-0.2, 0) is 23.5 Å². The van der Waals surface area contributed by atoms with Crippen molar-refractivity contribution in [2.45, 2.75) is 38.0 Å². The minimum absolute atomic E-state index is 0.0711. The van der Waals surface area contributed by atoms with Crippen molar-refractivity contribution < 1.29 is 15.0 Å². The molecule has 0 saturated heterocycles. The molecule has 0 aliphatic carbocycles. The highest BCUT2D eigenvalue weighted by atomic mass is 16.3. The van der Waals surface area contributed by atoms with E-state index in [0.717, 1.165) is 16.5 Å². The number of carbonyl (C=O) groups is 1. The highest BCUT2D eigenvalue weighted by Gasteiger charge is 2.52. The van der Waals surface area contributed by atoms with Crippen LogP contribution in [0.3, 0.4) is 0 Å². The summed E-state index contributed by atoms with van der Waals surface area (Å²) in [6, 6.07) is 31.7. The Kier molecular flexibility index (Phi) is 8.73. The summed E-state index contributed by atoms with van der Waals surface area (Å²) in [6.07, 6.45) is 7.93. The number of hydrogen-bond donors (Lipinski definition) is 2. The van der Waals surface area contributed by atoms with Crippen LogP contribution in [0.15, 0.2) is 132 Å². The van der Waals surface area contributed by atoms with E-state index < -0.39 is 17.4 Å². The van der Waals surface area contributed by atoms with Gasteiger partial charge in [0.2, 0.25) is 0 Å². The monoisotopic (exact) mass is 652 g/mol. The van der Waals surface area contributed by atoms with Gasteiger partial charge in [-0.1, -0.05) is 103 Å². The number of amides is 1. The molecule has 0 radical (unpaired) electrons. The predicted molar refractivity (Wildman–Crippen MR) is 187 cm³/mol. The molecule has 1 aliphatic heterocycles. The van der Waals surface area contributed by atoms with Gasteiger partial charge >= 0.3 is 0 Å². The number of aryl methyl sites for hydroxylation is 1. The summed E-state index contributed by atoms with van der Waals surface area (Å²) in [7, 11) is 0. The standard InChI is InChI=1S/C39H36N6O4/c1-27(12-9-10-21-43-25-35(41-42-43)33(26-46)29-14-3-2-4-15-29)39(49)34-19-7-8-20-36(34)44(38(39)48)24-28-13-11-17-31(22-28)45-37(47)32-18-6-5-16-30(32)23-40-45/h2-9,11-20,22-23,25,27,33,46,49H,10,21,24,26H2,1H3/b12-9+/t27-,33?,39+/m1/s1. The van der Waals surface area contributed by atoms with Crippen molar-refractivity contribution in [3.8, 4) is 5.69 Å². The van der Waals surface area contributed by atoms with E-state index in [1.165, 1.54) is 4.68 Å². The average Bonchev–Trinajstić information content (AvgIpc) is 3.69. The van der Waals surface area contributed by atoms with Gasteiger partial charge in [-0.15, -0.1) is 5.10 Å². The third-order valence-electron chi connectivity index (χ3n) is 9.27. The first kappa shape index (κ1) is 31.9. The first-order chi connectivity index (χ1) is 23.9. The number of allylic oxidation sites excluding steroid dienone is 1. The van der Waals surface area contributed by atoms with Gasteiger partial charge in [-0.05, 0) is 41.8 Å². The number of anilines is 1. The molecule has 0 bridgehead atoms. The third kappa shape index (κ3) is 5.96. The Morgan fingerprint density at radius 2 is 1.69 bits per heavy atom. The van der Waals surface area contributed by atoms with E-state index >= 15 is 0 Å². The average molecular weight is 653 g/mol. The molecule has 10 heteroatoms. The molecule has 1 unspecified atom stereocenters. The van der Waals surface area contributed by atoms with Crippen molar-refractivity contribution in [3.63, 3.8) is 0 Å². The Morgan fingerprint density at radius 1 is 0.918 bits per heavy atom. The fraction of sp³-hybridized carbons (Fsp3) is 0.205. The number of carbonyl (C=O) groups excluding carboxylic acids is 1. The number of aliphatic hydroxyl groups excluding tert-OH is 1. The number of aromatic nitrogens is 5. The number of fused-ring (bicyclic) bond motifs is 2. The summed E-state index contributed by atoms with van der Waals surface area (Å²) in [6.45, 7) is 2.52. The lowest BCUT2D eigenvalue weighted by atomic mass is 9.83. The molecule has 1 aliphatic rings. The maximum absolute atomic E-state index is 14.1. The van der Waals surface area contributed by atoms with Gasteiger partial charge in [-0.25, -0.2) is 0 Å². The molecule has 6 aromatic rings. The van der Waals surface area contributed by atoms with Gasteiger partial charge in [-0.2, -0.15) is 9.78 Å². The normalized spacial score (nSPS) is 17.1.